The molecule has 0 aromatic rings. The van der Waals surface area contributed by atoms with Crippen molar-refractivity contribution < 1.29 is 28.6 Å². The van der Waals surface area contributed by atoms with E-state index in [1.54, 1.807) is 0 Å². The molecule has 0 rings (SSSR count). The van der Waals surface area contributed by atoms with Crippen molar-refractivity contribution in [3.8, 4) is 0 Å². The van der Waals surface area contributed by atoms with E-state index in [0.29, 0.717) is 19.3 Å². The summed E-state index contributed by atoms with van der Waals surface area (Å²) in [7, 11) is 0. The fraction of sp³-hybridized carbons (Fsp3) is 0.787. The summed E-state index contributed by atoms with van der Waals surface area (Å²) in [6.07, 6.45) is 69.3. The molecular formula is C61H108O6. The van der Waals surface area contributed by atoms with Crippen LogP contribution in [0, 0.1) is 0 Å². The van der Waals surface area contributed by atoms with Crippen molar-refractivity contribution in [1.29, 1.82) is 0 Å². The molecule has 0 saturated carbocycles. The first-order valence-corrected chi connectivity index (χ1v) is 28.8. The van der Waals surface area contributed by atoms with E-state index in [4.69, 9.17) is 14.2 Å². The summed E-state index contributed by atoms with van der Waals surface area (Å²) in [5, 5.41) is 0. The number of ether oxygens (including phenoxy) is 3. The van der Waals surface area contributed by atoms with E-state index in [1.807, 2.05) is 0 Å². The lowest BCUT2D eigenvalue weighted by Gasteiger charge is -2.18. The highest BCUT2D eigenvalue weighted by Crippen LogP contribution is 2.17. The average molecular weight is 938 g/mol. The fourth-order valence-corrected chi connectivity index (χ4v) is 8.24. The summed E-state index contributed by atoms with van der Waals surface area (Å²) in [6.45, 7) is 6.51. The number of allylic oxidation sites excluding steroid dienone is 10. The van der Waals surface area contributed by atoms with Gasteiger partial charge in [0, 0.05) is 19.3 Å². The maximum Gasteiger partial charge on any atom is 0.306 e. The van der Waals surface area contributed by atoms with Gasteiger partial charge in [-0.3, -0.25) is 14.4 Å². The Morgan fingerprint density at radius 1 is 0.313 bits per heavy atom. The van der Waals surface area contributed by atoms with Crippen molar-refractivity contribution in [2.75, 3.05) is 13.2 Å². The Balaban J connectivity index is 4.43. The first kappa shape index (κ1) is 64.1. The second-order valence-electron chi connectivity index (χ2n) is 19.2. The van der Waals surface area contributed by atoms with Crippen LogP contribution in [-0.2, 0) is 28.6 Å². The Labute approximate surface area is 415 Å². The van der Waals surface area contributed by atoms with Gasteiger partial charge in [-0.05, 0) is 57.8 Å². The van der Waals surface area contributed by atoms with Crippen molar-refractivity contribution in [3.05, 3.63) is 60.8 Å². The molecule has 1 unspecified atom stereocenters. The van der Waals surface area contributed by atoms with Gasteiger partial charge < -0.3 is 14.2 Å². The van der Waals surface area contributed by atoms with Crippen LogP contribution < -0.4 is 0 Å². The minimum absolute atomic E-state index is 0.0876. The van der Waals surface area contributed by atoms with E-state index in [1.165, 1.54) is 167 Å². The van der Waals surface area contributed by atoms with Crippen LogP contribution in [0.5, 0.6) is 0 Å². The smallest absolute Gasteiger partial charge is 0.306 e. The normalized spacial score (nSPS) is 12.5. The van der Waals surface area contributed by atoms with Gasteiger partial charge in [0.05, 0.1) is 0 Å². The van der Waals surface area contributed by atoms with Gasteiger partial charge in [0.25, 0.3) is 0 Å². The largest absolute Gasteiger partial charge is 0.462 e. The van der Waals surface area contributed by atoms with E-state index in [-0.39, 0.29) is 37.5 Å². The lowest BCUT2D eigenvalue weighted by molar-refractivity contribution is -0.167. The number of carbonyl (C=O) groups is 3. The molecule has 0 fully saturated rings. The van der Waals surface area contributed by atoms with Crippen LogP contribution in [0.25, 0.3) is 0 Å². The number of esters is 3. The van der Waals surface area contributed by atoms with Crippen molar-refractivity contribution in [1.82, 2.24) is 0 Å². The van der Waals surface area contributed by atoms with E-state index in [9.17, 15) is 14.4 Å². The molecule has 0 saturated heterocycles. The zero-order valence-electron chi connectivity index (χ0n) is 44.4. The molecule has 0 aromatic carbocycles. The van der Waals surface area contributed by atoms with Gasteiger partial charge in [0.2, 0.25) is 0 Å². The van der Waals surface area contributed by atoms with Crippen LogP contribution >= 0.6 is 0 Å². The Hall–Kier alpha value is -2.89. The molecular weight excluding hydrogens is 829 g/mol. The number of hydrogen-bond acceptors (Lipinski definition) is 6. The van der Waals surface area contributed by atoms with Crippen molar-refractivity contribution >= 4 is 17.9 Å². The third-order valence-electron chi connectivity index (χ3n) is 12.5. The van der Waals surface area contributed by atoms with E-state index >= 15 is 0 Å². The zero-order chi connectivity index (χ0) is 48.6. The third-order valence-corrected chi connectivity index (χ3v) is 12.5. The highest BCUT2D eigenvalue weighted by molar-refractivity contribution is 5.71. The minimum atomic E-state index is -0.793. The molecule has 0 heterocycles. The first-order chi connectivity index (χ1) is 33.0. The summed E-state index contributed by atoms with van der Waals surface area (Å²) < 4.78 is 16.8. The van der Waals surface area contributed by atoms with E-state index in [0.717, 1.165) is 77.0 Å². The second kappa shape index (κ2) is 55.7. The van der Waals surface area contributed by atoms with Crippen molar-refractivity contribution in [3.63, 3.8) is 0 Å². The molecule has 388 valence electrons. The zero-order valence-corrected chi connectivity index (χ0v) is 44.4. The summed E-state index contributed by atoms with van der Waals surface area (Å²) in [6, 6.07) is 0. The molecule has 67 heavy (non-hydrogen) atoms. The van der Waals surface area contributed by atoms with Gasteiger partial charge in [-0.2, -0.15) is 0 Å². The van der Waals surface area contributed by atoms with Gasteiger partial charge in [0.1, 0.15) is 13.2 Å². The molecule has 1 atom stereocenters. The van der Waals surface area contributed by atoms with Crippen LogP contribution in [0.4, 0.5) is 0 Å². The summed E-state index contributed by atoms with van der Waals surface area (Å²) in [5.41, 5.74) is 0. The topological polar surface area (TPSA) is 78.9 Å². The molecule has 0 radical (unpaired) electrons. The van der Waals surface area contributed by atoms with Crippen LogP contribution in [0.15, 0.2) is 60.8 Å². The number of rotatable bonds is 52. The van der Waals surface area contributed by atoms with Gasteiger partial charge in [0.15, 0.2) is 6.10 Å². The SMILES string of the molecule is CC/C=C\C/C=C\C/C=C\C/C=C\C/C=C\CCCC(=O)OCC(COC(=O)CCCCCCCCCCCCCCCCC)OC(=O)CCCCCCCCCCCCCCCCCCC. The quantitative estimate of drug-likeness (QED) is 0.0262. The molecule has 0 bridgehead atoms. The molecule has 0 amide bonds. The Morgan fingerprint density at radius 2 is 0.582 bits per heavy atom. The number of hydrogen-bond donors (Lipinski definition) is 0. The predicted octanol–water partition coefficient (Wildman–Crippen LogP) is 19.2. The van der Waals surface area contributed by atoms with E-state index in [2.05, 4.69) is 81.5 Å². The number of unbranched alkanes of at least 4 members (excludes halogenated alkanes) is 31. The fourth-order valence-electron chi connectivity index (χ4n) is 8.24. The van der Waals surface area contributed by atoms with Gasteiger partial charge in [-0.25, -0.2) is 0 Å². The molecule has 0 spiro atoms. The van der Waals surface area contributed by atoms with Crippen LogP contribution in [0.3, 0.4) is 0 Å². The second-order valence-corrected chi connectivity index (χ2v) is 19.2. The van der Waals surface area contributed by atoms with Crippen LogP contribution in [0.2, 0.25) is 0 Å². The lowest BCUT2D eigenvalue weighted by atomic mass is 10.0. The first-order valence-electron chi connectivity index (χ1n) is 28.8. The van der Waals surface area contributed by atoms with Crippen molar-refractivity contribution in [2.45, 2.75) is 297 Å². The lowest BCUT2D eigenvalue weighted by Crippen LogP contribution is -2.30. The maximum absolute atomic E-state index is 12.9. The van der Waals surface area contributed by atoms with Gasteiger partial charge in [-0.1, -0.05) is 274 Å². The highest BCUT2D eigenvalue weighted by atomic mass is 16.6. The van der Waals surface area contributed by atoms with Crippen LogP contribution in [-0.4, -0.2) is 37.2 Å². The van der Waals surface area contributed by atoms with Crippen LogP contribution in [0.1, 0.15) is 290 Å². The van der Waals surface area contributed by atoms with E-state index < -0.39 is 6.10 Å². The van der Waals surface area contributed by atoms with Gasteiger partial charge in [-0.15, -0.1) is 0 Å². The Bertz CT molecular complexity index is 1210. The predicted molar refractivity (Wildman–Crippen MR) is 288 cm³/mol. The highest BCUT2D eigenvalue weighted by Gasteiger charge is 2.19. The average Bonchev–Trinajstić information content (AvgIpc) is 3.33. The molecule has 0 N–H and O–H groups in total. The number of carbonyl (C=O) groups excluding carboxylic acids is 3. The summed E-state index contributed by atoms with van der Waals surface area (Å²) in [5.74, 6) is -0.933. The molecule has 0 aromatic heterocycles. The molecule has 0 aliphatic carbocycles. The minimum Gasteiger partial charge on any atom is -0.462 e. The summed E-state index contributed by atoms with van der Waals surface area (Å²) in [4.78, 5) is 38.1. The maximum atomic E-state index is 12.9. The monoisotopic (exact) mass is 937 g/mol. The molecule has 0 aliphatic heterocycles. The van der Waals surface area contributed by atoms with Crippen molar-refractivity contribution in [2.24, 2.45) is 0 Å². The molecule has 6 nitrogen and oxygen atoms in total. The third kappa shape index (κ3) is 53.9. The molecule has 0 aliphatic rings. The standard InChI is InChI=1S/C61H108O6/c1-4-7-10-13-16-19-22-25-28-30-33-36-39-42-45-48-51-54-60(63)66-57-58(56-65-59(62)53-50-47-44-41-38-35-32-27-24-21-18-15-12-9-6-3)67-61(64)55-52-49-46-43-40-37-34-31-29-26-23-20-17-14-11-8-5-2/h7,10,16,19,25,28,33,36,42,45,58H,4-6,8-9,11-15,17-18,20-24,26-27,29-32,34-35,37-41,43-44,46-57H2,1-3H3/b10-7-,19-16-,28-25-,36-33-,45-42-. The Morgan fingerprint density at radius 3 is 0.910 bits per heavy atom. The Kier molecular flexibility index (Phi) is 53.3. The van der Waals surface area contributed by atoms with Gasteiger partial charge >= 0.3 is 17.9 Å². The summed E-state index contributed by atoms with van der Waals surface area (Å²) >= 11 is 0. The molecule has 6 heteroatoms.